The van der Waals surface area contributed by atoms with E-state index >= 15 is 0 Å². The van der Waals surface area contributed by atoms with Crippen molar-refractivity contribution in [1.29, 1.82) is 0 Å². The van der Waals surface area contributed by atoms with E-state index in [1.165, 1.54) is 0 Å². The van der Waals surface area contributed by atoms with Crippen LogP contribution in [0.4, 0.5) is 0 Å². The number of ether oxygens (including phenoxy) is 1. The predicted octanol–water partition coefficient (Wildman–Crippen LogP) is 5.94. The summed E-state index contributed by atoms with van der Waals surface area (Å²) in [6.45, 7) is 2.59. The SMILES string of the molecule is CCOc1ccc(Br)cc1C(Cl)c1ccc(Br)cc1. The first kappa shape index (κ1) is 14.9. The van der Waals surface area contributed by atoms with Crippen molar-refractivity contribution >= 4 is 43.5 Å². The van der Waals surface area contributed by atoms with Crippen LogP contribution in [0.1, 0.15) is 23.4 Å². The molecule has 2 aromatic rings. The van der Waals surface area contributed by atoms with E-state index in [0.29, 0.717) is 6.61 Å². The fraction of sp³-hybridized carbons (Fsp3) is 0.200. The van der Waals surface area contributed by atoms with Crippen LogP contribution in [0, 0.1) is 0 Å². The Hall–Kier alpha value is -0.510. The standard InChI is InChI=1S/C15H13Br2ClO/c1-2-19-14-8-7-12(17)9-13(14)15(18)10-3-5-11(16)6-4-10/h3-9,15H,2H2,1H3. The molecule has 1 unspecified atom stereocenters. The summed E-state index contributed by atoms with van der Waals surface area (Å²) < 4.78 is 7.68. The monoisotopic (exact) mass is 402 g/mol. The van der Waals surface area contributed by atoms with E-state index in [2.05, 4.69) is 31.9 Å². The second-order valence-corrected chi connectivity index (χ2v) is 6.30. The lowest BCUT2D eigenvalue weighted by Crippen LogP contribution is -2.00. The van der Waals surface area contributed by atoms with Crippen molar-refractivity contribution in [2.75, 3.05) is 6.61 Å². The third-order valence-electron chi connectivity index (χ3n) is 2.71. The highest BCUT2D eigenvalue weighted by Crippen LogP contribution is 2.37. The van der Waals surface area contributed by atoms with Crippen LogP contribution in [-0.4, -0.2) is 6.61 Å². The topological polar surface area (TPSA) is 9.23 Å². The van der Waals surface area contributed by atoms with Gasteiger partial charge < -0.3 is 4.74 Å². The van der Waals surface area contributed by atoms with Crippen molar-refractivity contribution in [3.8, 4) is 5.75 Å². The van der Waals surface area contributed by atoms with Gasteiger partial charge in [-0.1, -0.05) is 44.0 Å². The number of hydrogen-bond donors (Lipinski definition) is 0. The van der Waals surface area contributed by atoms with E-state index in [1.54, 1.807) is 0 Å². The predicted molar refractivity (Wildman–Crippen MR) is 87.1 cm³/mol. The van der Waals surface area contributed by atoms with Gasteiger partial charge in [0.2, 0.25) is 0 Å². The molecule has 19 heavy (non-hydrogen) atoms. The van der Waals surface area contributed by atoms with E-state index in [4.69, 9.17) is 16.3 Å². The molecule has 0 fully saturated rings. The van der Waals surface area contributed by atoms with Crippen molar-refractivity contribution < 1.29 is 4.74 Å². The summed E-state index contributed by atoms with van der Waals surface area (Å²) in [6, 6.07) is 13.9. The lowest BCUT2D eigenvalue weighted by Gasteiger charge is -2.16. The van der Waals surface area contributed by atoms with Crippen molar-refractivity contribution in [2.45, 2.75) is 12.3 Å². The zero-order valence-corrected chi connectivity index (χ0v) is 14.3. The molecule has 0 aliphatic rings. The molecule has 0 bridgehead atoms. The molecule has 100 valence electrons. The number of rotatable bonds is 4. The van der Waals surface area contributed by atoms with Crippen LogP contribution < -0.4 is 4.74 Å². The summed E-state index contributed by atoms with van der Waals surface area (Å²) in [7, 11) is 0. The summed E-state index contributed by atoms with van der Waals surface area (Å²) in [5, 5.41) is -0.229. The summed E-state index contributed by atoms with van der Waals surface area (Å²) in [6.07, 6.45) is 0. The molecule has 2 aromatic carbocycles. The van der Waals surface area contributed by atoms with E-state index in [0.717, 1.165) is 25.8 Å². The molecule has 0 spiro atoms. The second-order valence-electron chi connectivity index (χ2n) is 4.03. The Morgan fingerprint density at radius 2 is 1.68 bits per heavy atom. The molecule has 0 N–H and O–H groups in total. The average molecular weight is 405 g/mol. The van der Waals surface area contributed by atoms with E-state index in [-0.39, 0.29) is 5.38 Å². The zero-order chi connectivity index (χ0) is 13.8. The Bertz CT molecular complexity index is 555. The molecule has 0 aliphatic heterocycles. The Labute approximate surface area is 135 Å². The molecule has 4 heteroatoms. The maximum absolute atomic E-state index is 6.58. The van der Waals surface area contributed by atoms with Crippen LogP contribution in [0.5, 0.6) is 5.75 Å². The highest BCUT2D eigenvalue weighted by atomic mass is 79.9. The number of benzene rings is 2. The van der Waals surface area contributed by atoms with E-state index in [1.807, 2.05) is 49.4 Å². The van der Waals surface area contributed by atoms with Crippen molar-refractivity contribution in [1.82, 2.24) is 0 Å². The van der Waals surface area contributed by atoms with Gasteiger partial charge in [-0.25, -0.2) is 0 Å². The van der Waals surface area contributed by atoms with Crippen molar-refractivity contribution in [3.05, 3.63) is 62.5 Å². The number of halogens is 3. The Morgan fingerprint density at radius 3 is 2.32 bits per heavy atom. The molecular formula is C15H13Br2ClO. The van der Waals surface area contributed by atoms with Crippen LogP contribution in [0.3, 0.4) is 0 Å². The molecule has 0 radical (unpaired) electrons. The highest BCUT2D eigenvalue weighted by molar-refractivity contribution is 9.10. The third-order valence-corrected chi connectivity index (χ3v) is 4.22. The summed E-state index contributed by atoms with van der Waals surface area (Å²) in [5.41, 5.74) is 2.02. The molecule has 0 aliphatic carbocycles. The van der Waals surface area contributed by atoms with Crippen LogP contribution >= 0.6 is 43.5 Å². The van der Waals surface area contributed by atoms with Gasteiger partial charge >= 0.3 is 0 Å². The smallest absolute Gasteiger partial charge is 0.124 e. The maximum Gasteiger partial charge on any atom is 0.124 e. The minimum absolute atomic E-state index is 0.229. The first-order chi connectivity index (χ1) is 9.11. The second kappa shape index (κ2) is 6.78. The van der Waals surface area contributed by atoms with Gasteiger partial charge in [0.1, 0.15) is 5.75 Å². The van der Waals surface area contributed by atoms with Gasteiger partial charge in [0.05, 0.1) is 12.0 Å². The van der Waals surface area contributed by atoms with E-state index in [9.17, 15) is 0 Å². The minimum Gasteiger partial charge on any atom is -0.494 e. The summed E-state index contributed by atoms with van der Waals surface area (Å²) in [5.74, 6) is 0.827. The third kappa shape index (κ3) is 3.74. The van der Waals surface area contributed by atoms with Gasteiger partial charge in [-0.05, 0) is 42.8 Å². The van der Waals surface area contributed by atoms with Crippen molar-refractivity contribution in [3.63, 3.8) is 0 Å². The molecule has 0 aromatic heterocycles. The fourth-order valence-corrected chi connectivity index (χ4v) is 2.77. The fourth-order valence-electron chi connectivity index (χ4n) is 1.82. The van der Waals surface area contributed by atoms with Crippen LogP contribution in [0.2, 0.25) is 0 Å². The summed E-state index contributed by atoms with van der Waals surface area (Å²) >= 11 is 13.5. The Kier molecular flexibility index (Phi) is 5.31. The minimum atomic E-state index is -0.229. The molecule has 1 nitrogen and oxygen atoms in total. The van der Waals surface area contributed by atoms with Gasteiger partial charge in [-0.15, -0.1) is 11.6 Å². The van der Waals surface area contributed by atoms with Crippen molar-refractivity contribution in [2.24, 2.45) is 0 Å². The Morgan fingerprint density at radius 1 is 1.05 bits per heavy atom. The van der Waals surface area contributed by atoms with Gasteiger partial charge in [-0.3, -0.25) is 0 Å². The normalized spacial score (nSPS) is 12.2. The van der Waals surface area contributed by atoms with Crippen LogP contribution in [-0.2, 0) is 0 Å². The van der Waals surface area contributed by atoms with Crippen LogP contribution in [0.15, 0.2) is 51.4 Å². The first-order valence-corrected chi connectivity index (χ1v) is 7.96. The summed E-state index contributed by atoms with van der Waals surface area (Å²) in [4.78, 5) is 0. The van der Waals surface area contributed by atoms with Gasteiger partial charge in [0, 0.05) is 14.5 Å². The molecule has 0 amide bonds. The largest absolute Gasteiger partial charge is 0.494 e. The molecule has 1 atom stereocenters. The molecule has 0 saturated carbocycles. The lowest BCUT2D eigenvalue weighted by molar-refractivity contribution is 0.337. The maximum atomic E-state index is 6.58. The lowest BCUT2D eigenvalue weighted by atomic mass is 10.0. The zero-order valence-electron chi connectivity index (χ0n) is 10.4. The average Bonchev–Trinajstić information content (AvgIpc) is 2.41. The molecule has 0 heterocycles. The van der Waals surface area contributed by atoms with Crippen LogP contribution in [0.25, 0.3) is 0 Å². The van der Waals surface area contributed by atoms with E-state index < -0.39 is 0 Å². The molecular weight excluding hydrogens is 391 g/mol. The number of hydrogen-bond acceptors (Lipinski definition) is 1. The highest BCUT2D eigenvalue weighted by Gasteiger charge is 2.16. The quantitative estimate of drug-likeness (QED) is 0.573. The molecule has 0 saturated heterocycles. The number of alkyl halides is 1. The first-order valence-electron chi connectivity index (χ1n) is 5.93. The van der Waals surface area contributed by atoms with Gasteiger partial charge in [0.15, 0.2) is 0 Å². The van der Waals surface area contributed by atoms with Gasteiger partial charge in [-0.2, -0.15) is 0 Å². The Balaban J connectivity index is 2.39. The van der Waals surface area contributed by atoms with Gasteiger partial charge in [0.25, 0.3) is 0 Å². The molecule has 2 rings (SSSR count).